The fourth-order valence-electron chi connectivity index (χ4n) is 3.37. The topological polar surface area (TPSA) is 74.6 Å². The molecule has 2 bridgehead atoms. The van der Waals surface area contributed by atoms with Crippen molar-refractivity contribution in [1.29, 1.82) is 0 Å². The lowest BCUT2D eigenvalue weighted by molar-refractivity contribution is -0.165. The van der Waals surface area contributed by atoms with Crippen LogP contribution in [0.15, 0.2) is 0 Å². The van der Waals surface area contributed by atoms with Gasteiger partial charge in [0.05, 0.1) is 11.3 Å². The smallest absolute Gasteiger partial charge is 0.310 e. The van der Waals surface area contributed by atoms with Crippen molar-refractivity contribution in [3.63, 3.8) is 0 Å². The minimum Gasteiger partial charge on any atom is -0.481 e. The van der Waals surface area contributed by atoms with Crippen LogP contribution in [0.5, 0.6) is 0 Å². The van der Waals surface area contributed by atoms with Crippen molar-refractivity contribution in [3.05, 3.63) is 0 Å². The predicted octanol–water partition coefficient (Wildman–Crippen LogP) is 1.21. The summed E-state index contributed by atoms with van der Waals surface area (Å²) in [5.74, 6) is -2.43. The summed E-state index contributed by atoms with van der Waals surface area (Å²) in [6, 6.07) is 0. The third-order valence-corrected chi connectivity index (χ3v) is 4.17. The van der Waals surface area contributed by atoms with E-state index in [9.17, 15) is 9.59 Å². The van der Waals surface area contributed by atoms with Crippen molar-refractivity contribution in [3.8, 4) is 0 Å². The van der Waals surface area contributed by atoms with Crippen LogP contribution in [0.25, 0.3) is 0 Å². The number of hydrogen-bond donors (Lipinski definition) is 2. The SMILES string of the molecule is C[C@@]1(C(=O)O)[C@H]2CC[C@@H](C2)[C@H]1C(=O)O. The van der Waals surface area contributed by atoms with E-state index in [4.69, 9.17) is 10.2 Å². The van der Waals surface area contributed by atoms with Crippen LogP contribution in [0, 0.1) is 23.2 Å². The molecule has 2 aliphatic carbocycles. The minimum atomic E-state index is -1.03. The van der Waals surface area contributed by atoms with Gasteiger partial charge in [0.1, 0.15) is 0 Å². The van der Waals surface area contributed by atoms with Crippen molar-refractivity contribution in [2.24, 2.45) is 23.2 Å². The van der Waals surface area contributed by atoms with Gasteiger partial charge in [-0.05, 0) is 38.0 Å². The quantitative estimate of drug-likeness (QED) is 0.699. The van der Waals surface area contributed by atoms with Crippen molar-refractivity contribution in [1.82, 2.24) is 0 Å². The molecule has 2 N–H and O–H groups in total. The molecule has 0 spiro atoms. The molecule has 2 saturated carbocycles. The Balaban J connectivity index is 2.39. The summed E-state index contributed by atoms with van der Waals surface area (Å²) in [6.07, 6.45) is 2.53. The van der Waals surface area contributed by atoms with Crippen LogP contribution in [0.2, 0.25) is 0 Å². The Kier molecular flexibility index (Phi) is 1.84. The Bertz CT molecular complexity index is 298. The maximum absolute atomic E-state index is 11.2. The minimum absolute atomic E-state index is 0.0612. The number of carbonyl (C=O) groups is 2. The standard InChI is InChI=1S/C10H14O4/c1-10(9(13)14)6-3-2-5(4-6)7(10)8(11)12/h5-7H,2-4H2,1H3,(H,11,12)(H,13,14)/t5-,6-,7-,10+/m0/s1. The van der Waals surface area contributed by atoms with Gasteiger partial charge in [0.25, 0.3) is 0 Å². The van der Waals surface area contributed by atoms with Gasteiger partial charge in [-0.1, -0.05) is 0 Å². The van der Waals surface area contributed by atoms with Crippen LogP contribution < -0.4 is 0 Å². The Morgan fingerprint density at radius 3 is 2.36 bits per heavy atom. The first-order valence-electron chi connectivity index (χ1n) is 4.94. The number of aliphatic carboxylic acids is 2. The molecule has 78 valence electrons. The summed E-state index contributed by atoms with van der Waals surface area (Å²) in [5.41, 5.74) is -1.03. The van der Waals surface area contributed by atoms with E-state index in [0.29, 0.717) is 0 Å². The monoisotopic (exact) mass is 198 g/mol. The van der Waals surface area contributed by atoms with Crippen LogP contribution in [-0.4, -0.2) is 22.2 Å². The van der Waals surface area contributed by atoms with Gasteiger partial charge in [0.15, 0.2) is 0 Å². The molecule has 4 nitrogen and oxygen atoms in total. The molecule has 0 saturated heterocycles. The largest absolute Gasteiger partial charge is 0.481 e. The third kappa shape index (κ3) is 0.938. The van der Waals surface area contributed by atoms with E-state index in [0.717, 1.165) is 19.3 Å². The molecular weight excluding hydrogens is 184 g/mol. The van der Waals surface area contributed by atoms with E-state index >= 15 is 0 Å². The van der Waals surface area contributed by atoms with E-state index in [2.05, 4.69) is 0 Å². The van der Waals surface area contributed by atoms with Crippen LogP contribution in [-0.2, 0) is 9.59 Å². The summed E-state index contributed by atoms with van der Waals surface area (Å²) in [6.45, 7) is 1.60. The lowest BCUT2D eigenvalue weighted by Crippen LogP contribution is -2.44. The van der Waals surface area contributed by atoms with Gasteiger partial charge in [-0.25, -0.2) is 0 Å². The van der Waals surface area contributed by atoms with Crippen molar-refractivity contribution < 1.29 is 19.8 Å². The fraction of sp³-hybridized carbons (Fsp3) is 0.800. The van der Waals surface area contributed by atoms with Crippen molar-refractivity contribution in [2.45, 2.75) is 26.2 Å². The highest BCUT2D eigenvalue weighted by atomic mass is 16.4. The second-order valence-electron chi connectivity index (χ2n) is 4.67. The molecule has 0 aromatic rings. The first-order chi connectivity index (χ1) is 6.48. The number of rotatable bonds is 2. The number of carboxylic acid groups (broad SMARTS) is 2. The molecule has 14 heavy (non-hydrogen) atoms. The Morgan fingerprint density at radius 1 is 1.29 bits per heavy atom. The van der Waals surface area contributed by atoms with Crippen molar-refractivity contribution >= 4 is 11.9 Å². The molecule has 0 aromatic carbocycles. The molecule has 2 aliphatic rings. The van der Waals surface area contributed by atoms with Gasteiger partial charge in [-0.3, -0.25) is 9.59 Å². The van der Waals surface area contributed by atoms with Gasteiger partial charge in [-0.15, -0.1) is 0 Å². The Labute approximate surface area is 81.9 Å². The molecule has 0 amide bonds. The number of fused-ring (bicyclic) bond motifs is 2. The van der Waals surface area contributed by atoms with E-state index in [1.54, 1.807) is 6.92 Å². The van der Waals surface area contributed by atoms with E-state index in [-0.39, 0.29) is 11.8 Å². The van der Waals surface area contributed by atoms with Gasteiger partial charge in [0, 0.05) is 0 Å². The van der Waals surface area contributed by atoms with Gasteiger partial charge in [-0.2, -0.15) is 0 Å². The highest BCUT2D eigenvalue weighted by Crippen LogP contribution is 2.59. The first kappa shape index (κ1) is 9.49. The summed E-state index contributed by atoms with van der Waals surface area (Å²) >= 11 is 0. The van der Waals surface area contributed by atoms with Gasteiger partial charge in [0.2, 0.25) is 0 Å². The molecule has 0 radical (unpaired) electrons. The predicted molar refractivity (Wildman–Crippen MR) is 47.7 cm³/mol. The second-order valence-corrected chi connectivity index (χ2v) is 4.67. The molecule has 2 rings (SSSR count). The first-order valence-corrected chi connectivity index (χ1v) is 4.94. The molecule has 0 aliphatic heterocycles. The fourth-order valence-corrected chi connectivity index (χ4v) is 3.37. The molecule has 0 unspecified atom stereocenters. The van der Waals surface area contributed by atoms with Gasteiger partial charge < -0.3 is 10.2 Å². The van der Waals surface area contributed by atoms with Crippen LogP contribution in [0.1, 0.15) is 26.2 Å². The summed E-state index contributed by atoms with van der Waals surface area (Å²) < 4.78 is 0. The maximum atomic E-state index is 11.2. The van der Waals surface area contributed by atoms with Crippen LogP contribution in [0.4, 0.5) is 0 Å². The average molecular weight is 198 g/mol. The van der Waals surface area contributed by atoms with Crippen LogP contribution >= 0.6 is 0 Å². The molecule has 2 fully saturated rings. The third-order valence-electron chi connectivity index (χ3n) is 4.17. The molecular formula is C10H14O4. The lowest BCUT2D eigenvalue weighted by Gasteiger charge is -2.34. The zero-order chi connectivity index (χ0) is 10.5. The summed E-state index contributed by atoms with van der Waals surface area (Å²) in [5, 5.41) is 18.2. The zero-order valence-corrected chi connectivity index (χ0v) is 8.06. The molecule has 4 heteroatoms. The Morgan fingerprint density at radius 2 is 1.93 bits per heavy atom. The molecule has 0 heterocycles. The van der Waals surface area contributed by atoms with E-state index < -0.39 is 23.3 Å². The molecule has 4 atom stereocenters. The van der Waals surface area contributed by atoms with E-state index in [1.807, 2.05) is 0 Å². The van der Waals surface area contributed by atoms with E-state index in [1.165, 1.54) is 0 Å². The maximum Gasteiger partial charge on any atom is 0.310 e. The summed E-state index contributed by atoms with van der Waals surface area (Å²) in [4.78, 5) is 22.2. The normalized spacial score (nSPS) is 45.4. The van der Waals surface area contributed by atoms with Gasteiger partial charge >= 0.3 is 11.9 Å². The zero-order valence-electron chi connectivity index (χ0n) is 8.06. The summed E-state index contributed by atoms with van der Waals surface area (Å²) in [7, 11) is 0. The van der Waals surface area contributed by atoms with Crippen molar-refractivity contribution in [2.75, 3.05) is 0 Å². The molecule has 0 aromatic heterocycles. The Hall–Kier alpha value is -1.06. The lowest BCUT2D eigenvalue weighted by atomic mass is 9.67. The second kappa shape index (κ2) is 2.72. The average Bonchev–Trinajstić information content (AvgIpc) is 2.61. The van der Waals surface area contributed by atoms with Crippen LogP contribution in [0.3, 0.4) is 0 Å². The highest BCUT2D eigenvalue weighted by molar-refractivity contribution is 5.84. The highest BCUT2D eigenvalue weighted by Gasteiger charge is 2.62. The number of carboxylic acids is 2. The number of hydrogen-bond acceptors (Lipinski definition) is 2.